The summed E-state index contributed by atoms with van der Waals surface area (Å²) >= 11 is 0. The Morgan fingerprint density at radius 1 is 1.47 bits per heavy atom. The van der Waals surface area contributed by atoms with Crippen LogP contribution in [0.2, 0.25) is 0 Å². The van der Waals surface area contributed by atoms with Gasteiger partial charge in [0, 0.05) is 12.0 Å². The number of nitrogens with zero attached hydrogens (tertiary/aromatic N) is 1. The molecule has 0 radical (unpaired) electrons. The maximum absolute atomic E-state index is 10.8. The molecule has 1 saturated carbocycles. The van der Waals surface area contributed by atoms with Gasteiger partial charge in [0.1, 0.15) is 5.76 Å². The number of carboxylic acid groups (broad SMARTS) is 1. The SMILES string of the molecule is Cc1cc(C2CCC(C(=O)O)CC2)no1. The maximum atomic E-state index is 10.8. The van der Waals surface area contributed by atoms with E-state index >= 15 is 0 Å². The molecule has 4 nitrogen and oxygen atoms in total. The molecular weight excluding hydrogens is 194 g/mol. The Morgan fingerprint density at radius 2 is 2.13 bits per heavy atom. The van der Waals surface area contributed by atoms with Crippen molar-refractivity contribution in [2.45, 2.75) is 38.5 Å². The number of rotatable bonds is 2. The Balaban J connectivity index is 1.96. The van der Waals surface area contributed by atoms with Crippen molar-refractivity contribution in [3.8, 4) is 0 Å². The predicted molar refractivity (Wildman–Crippen MR) is 53.6 cm³/mol. The molecule has 15 heavy (non-hydrogen) atoms. The van der Waals surface area contributed by atoms with Crippen molar-refractivity contribution in [1.82, 2.24) is 5.16 Å². The lowest BCUT2D eigenvalue weighted by Crippen LogP contribution is -2.20. The van der Waals surface area contributed by atoms with Gasteiger partial charge in [0.2, 0.25) is 0 Å². The van der Waals surface area contributed by atoms with Gasteiger partial charge in [0.25, 0.3) is 0 Å². The summed E-state index contributed by atoms with van der Waals surface area (Å²) in [4.78, 5) is 10.8. The van der Waals surface area contributed by atoms with Gasteiger partial charge in [-0.1, -0.05) is 5.16 Å². The quantitative estimate of drug-likeness (QED) is 0.812. The summed E-state index contributed by atoms with van der Waals surface area (Å²) in [6, 6.07) is 1.95. The summed E-state index contributed by atoms with van der Waals surface area (Å²) < 4.78 is 5.03. The first kappa shape index (κ1) is 10.2. The molecule has 1 aromatic heterocycles. The zero-order valence-corrected chi connectivity index (χ0v) is 8.77. The second kappa shape index (κ2) is 4.04. The highest BCUT2D eigenvalue weighted by Crippen LogP contribution is 2.35. The Bertz CT molecular complexity index is 350. The van der Waals surface area contributed by atoms with Gasteiger partial charge in [0.15, 0.2) is 0 Å². The van der Waals surface area contributed by atoms with E-state index in [1.807, 2.05) is 13.0 Å². The van der Waals surface area contributed by atoms with Crippen LogP contribution in [0.5, 0.6) is 0 Å². The lowest BCUT2D eigenvalue weighted by Gasteiger charge is -2.24. The van der Waals surface area contributed by atoms with Crippen molar-refractivity contribution in [2.75, 3.05) is 0 Å². The van der Waals surface area contributed by atoms with Crippen LogP contribution in [0.1, 0.15) is 43.1 Å². The average Bonchev–Trinajstić information content (AvgIpc) is 2.65. The van der Waals surface area contributed by atoms with Crippen LogP contribution in [-0.2, 0) is 4.79 Å². The van der Waals surface area contributed by atoms with Gasteiger partial charge in [-0.3, -0.25) is 4.79 Å². The minimum Gasteiger partial charge on any atom is -0.481 e. The Labute approximate surface area is 88.3 Å². The number of aryl methyl sites for hydroxylation is 1. The largest absolute Gasteiger partial charge is 0.481 e. The third-order valence-corrected chi connectivity index (χ3v) is 3.14. The number of hydrogen-bond acceptors (Lipinski definition) is 3. The topological polar surface area (TPSA) is 63.3 Å². The van der Waals surface area contributed by atoms with Gasteiger partial charge in [-0.05, 0) is 32.6 Å². The lowest BCUT2D eigenvalue weighted by molar-refractivity contribution is -0.142. The molecule has 0 amide bonds. The minimum atomic E-state index is -0.662. The van der Waals surface area contributed by atoms with E-state index in [1.165, 1.54) is 0 Å². The maximum Gasteiger partial charge on any atom is 0.306 e. The molecule has 1 aliphatic carbocycles. The number of aliphatic carboxylic acids is 1. The molecule has 0 saturated heterocycles. The van der Waals surface area contributed by atoms with Crippen LogP contribution in [0, 0.1) is 12.8 Å². The van der Waals surface area contributed by atoms with Crippen molar-refractivity contribution in [3.05, 3.63) is 17.5 Å². The number of carbonyl (C=O) groups is 1. The van der Waals surface area contributed by atoms with Crippen molar-refractivity contribution in [1.29, 1.82) is 0 Å². The first-order valence-corrected chi connectivity index (χ1v) is 5.33. The minimum absolute atomic E-state index is 0.158. The van der Waals surface area contributed by atoms with Gasteiger partial charge >= 0.3 is 5.97 Å². The van der Waals surface area contributed by atoms with Gasteiger partial charge in [0.05, 0.1) is 11.6 Å². The predicted octanol–water partition coefficient (Wildman–Crippen LogP) is 2.34. The van der Waals surface area contributed by atoms with Crippen molar-refractivity contribution in [2.24, 2.45) is 5.92 Å². The Kier molecular flexibility index (Phi) is 2.75. The van der Waals surface area contributed by atoms with Gasteiger partial charge < -0.3 is 9.63 Å². The summed E-state index contributed by atoms with van der Waals surface area (Å²) in [6.07, 6.45) is 3.32. The van der Waals surface area contributed by atoms with E-state index in [0.29, 0.717) is 5.92 Å². The van der Waals surface area contributed by atoms with E-state index in [-0.39, 0.29) is 5.92 Å². The van der Waals surface area contributed by atoms with E-state index in [0.717, 1.165) is 37.1 Å². The highest BCUT2D eigenvalue weighted by Gasteiger charge is 2.28. The fourth-order valence-electron chi connectivity index (χ4n) is 2.21. The monoisotopic (exact) mass is 209 g/mol. The van der Waals surface area contributed by atoms with E-state index in [9.17, 15) is 4.79 Å². The molecule has 2 rings (SSSR count). The third-order valence-electron chi connectivity index (χ3n) is 3.14. The molecule has 0 aliphatic heterocycles. The fourth-order valence-corrected chi connectivity index (χ4v) is 2.21. The summed E-state index contributed by atoms with van der Waals surface area (Å²) in [7, 11) is 0. The highest BCUT2D eigenvalue weighted by molar-refractivity contribution is 5.70. The summed E-state index contributed by atoms with van der Waals surface area (Å²) in [5.41, 5.74) is 0.983. The molecular formula is C11H15NO3. The Hall–Kier alpha value is -1.32. The second-order valence-corrected chi connectivity index (χ2v) is 4.25. The molecule has 1 fully saturated rings. The summed E-state index contributed by atoms with van der Waals surface area (Å²) in [5, 5.41) is 12.9. The number of hydrogen-bond donors (Lipinski definition) is 1. The van der Waals surface area contributed by atoms with Crippen LogP contribution >= 0.6 is 0 Å². The van der Waals surface area contributed by atoms with E-state index in [4.69, 9.17) is 9.63 Å². The van der Waals surface area contributed by atoms with Gasteiger partial charge in [-0.15, -0.1) is 0 Å². The summed E-state index contributed by atoms with van der Waals surface area (Å²) in [6.45, 7) is 1.87. The van der Waals surface area contributed by atoms with E-state index in [1.54, 1.807) is 0 Å². The molecule has 1 aromatic rings. The van der Waals surface area contributed by atoms with Crippen LogP contribution in [0.25, 0.3) is 0 Å². The first-order valence-electron chi connectivity index (χ1n) is 5.33. The zero-order valence-electron chi connectivity index (χ0n) is 8.77. The van der Waals surface area contributed by atoms with Gasteiger partial charge in [-0.2, -0.15) is 0 Å². The normalized spacial score (nSPS) is 26.5. The van der Waals surface area contributed by atoms with E-state index in [2.05, 4.69) is 5.16 Å². The second-order valence-electron chi connectivity index (χ2n) is 4.25. The lowest BCUT2D eigenvalue weighted by atomic mass is 9.80. The van der Waals surface area contributed by atoms with Crippen LogP contribution in [0.15, 0.2) is 10.6 Å². The highest BCUT2D eigenvalue weighted by atomic mass is 16.5. The number of aromatic nitrogens is 1. The molecule has 1 N–H and O–H groups in total. The average molecular weight is 209 g/mol. The van der Waals surface area contributed by atoms with Crippen molar-refractivity contribution in [3.63, 3.8) is 0 Å². The van der Waals surface area contributed by atoms with Gasteiger partial charge in [-0.25, -0.2) is 0 Å². The molecule has 0 aromatic carbocycles. The first-order chi connectivity index (χ1) is 7.16. The zero-order chi connectivity index (χ0) is 10.8. The van der Waals surface area contributed by atoms with Crippen molar-refractivity contribution >= 4 is 5.97 Å². The number of carboxylic acids is 1. The molecule has 4 heteroatoms. The standard InChI is InChI=1S/C11H15NO3/c1-7-6-10(12-15-7)8-2-4-9(5-3-8)11(13)14/h6,8-9H,2-5H2,1H3,(H,13,14). The summed E-state index contributed by atoms with van der Waals surface area (Å²) in [5.74, 6) is 0.391. The Morgan fingerprint density at radius 3 is 2.60 bits per heavy atom. The van der Waals surface area contributed by atoms with Crippen LogP contribution in [0.3, 0.4) is 0 Å². The molecule has 82 valence electrons. The molecule has 1 aliphatic rings. The molecule has 0 atom stereocenters. The van der Waals surface area contributed by atoms with Crippen LogP contribution in [0.4, 0.5) is 0 Å². The van der Waals surface area contributed by atoms with Crippen molar-refractivity contribution < 1.29 is 14.4 Å². The smallest absolute Gasteiger partial charge is 0.306 e. The fraction of sp³-hybridized carbons (Fsp3) is 0.636. The molecule has 0 unspecified atom stereocenters. The molecule has 0 bridgehead atoms. The molecule has 1 heterocycles. The van der Waals surface area contributed by atoms with E-state index < -0.39 is 5.97 Å². The van der Waals surface area contributed by atoms with Crippen LogP contribution < -0.4 is 0 Å². The molecule has 0 spiro atoms. The van der Waals surface area contributed by atoms with Crippen LogP contribution in [-0.4, -0.2) is 16.2 Å². The third kappa shape index (κ3) is 2.19.